The Hall–Kier alpha value is 0.243. The predicted molar refractivity (Wildman–Crippen MR) is 43.7 cm³/mol. The molecule has 0 aromatic heterocycles. The Bertz CT molecular complexity index is 237. The van der Waals surface area contributed by atoms with Crippen molar-refractivity contribution in [2.45, 2.75) is 0 Å². The fourth-order valence-corrected chi connectivity index (χ4v) is 0.687. The average molecular weight is 232 g/mol. The average Bonchev–Trinajstić information content (AvgIpc) is 1.91. The summed E-state index contributed by atoms with van der Waals surface area (Å²) in [5, 5.41) is 0. The molecule has 0 aliphatic heterocycles. The van der Waals surface area contributed by atoms with Crippen molar-refractivity contribution >= 4 is 33.3 Å². The number of rotatable bonds is 0. The van der Waals surface area contributed by atoms with Crippen LogP contribution in [0.5, 0.6) is 0 Å². The third-order valence-electron chi connectivity index (χ3n) is 0.925. The summed E-state index contributed by atoms with van der Waals surface area (Å²) in [4.78, 5) is 0. The maximum Gasteiger partial charge on any atom is 2.00 e. The normalized spacial score (nSPS) is 6.27. The van der Waals surface area contributed by atoms with Gasteiger partial charge in [-0.2, -0.15) is 30.3 Å². The van der Waals surface area contributed by atoms with Gasteiger partial charge in [-0.25, -0.2) is 0 Å². The summed E-state index contributed by atoms with van der Waals surface area (Å²) in [5.41, 5.74) is 3.63. The van der Waals surface area contributed by atoms with E-state index in [2.05, 4.69) is 27.8 Å². The third-order valence-corrected chi connectivity index (χ3v) is 1.05. The largest absolute Gasteiger partial charge is 2.00 e. The fourth-order valence-electron chi connectivity index (χ4n) is 0.542. The van der Waals surface area contributed by atoms with Crippen LogP contribution in [0.1, 0.15) is 5.56 Å². The van der Waals surface area contributed by atoms with E-state index in [4.69, 9.17) is 0 Å². The van der Waals surface area contributed by atoms with Gasteiger partial charge in [0, 0.05) is 0 Å². The first-order valence-corrected chi connectivity index (χ1v) is 3.07. The summed E-state index contributed by atoms with van der Waals surface area (Å²) in [5.74, 6) is 2.85. The molecule has 0 N–H and O–H groups in total. The number of benzene rings is 1. The van der Waals surface area contributed by atoms with Crippen LogP contribution in [0.15, 0.2) is 24.3 Å². The van der Waals surface area contributed by atoms with Gasteiger partial charge in [-0.15, -0.1) is 11.5 Å². The van der Waals surface area contributed by atoms with Crippen LogP contribution in [0.25, 0.3) is 0 Å². The van der Waals surface area contributed by atoms with Gasteiger partial charge in [0.25, 0.3) is 0 Å². The molecule has 3 heteroatoms. The van der Waals surface area contributed by atoms with Crippen molar-refractivity contribution in [1.29, 1.82) is 0 Å². The summed E-state index contributed by atoms with van der Waals surface area (Å²) >= 11 is 0. The zero-order valence-electron chi connectivity index (χ0n) is 5.89. The van der Waals surface area contributed by atoms with Gasteiger partial charge in [0.05, 0.1) is 0 Å². The molecule has 0 amide bonds. The van der Waals surface area contributed by atoms with Gasteiger partial charge in [0.2, 0.25) is 0 Å². The first kappa shape index (κ1) is 13.8. The van der Waals surface area contributed by atoms with Crippen molar-refractivity contribution < 1.29 is 17.0 Å². The summed E-state index contributed by atoms with van der Waals surface area (Å²) in [7, 11) is 3.06. The maximum absolute atomic E-state index is 3.06. The van der Waals surface area contributed by atoms with Gasteiger partial charge < -0.3 is 17.0 Å². The number of hydrogen-bond acceptors (Lipinski definition) is 0. The minimum absolute atomic E-state index is 0. The van der Waals surface area contributed by atoms with Crippen molar-refractivity contribution in [3.63, 3.8) is 0 Å². The topological polar surface area (TPSA) is 0 Å². The molecule has 0 fully saturated rings. The summed E-state index contributed by atoms with van der Waals surface area (Å²) in [6, 6.07) is 10.4. The van der Waals surface area contributed by atoms with Crippen LogP contribution in [0.4, 0.5) is 0 Å². The van der Waals surface area contributed by atoms with Crippen LogP contribution < -0.4 is 17.0 Å². The molecule has 49 valence electrons. The molecule has 0 aliphatic carbocycles. The second kappa shape index (κ2) is 8.34. The molecular formula is C8H4BrMgSi. The van der Waals surface area contributed by atoms with Crippen LogP contribution in [-0.2, 0) is 0 Å². The number of hydrogen-bond donors (Lipinski definition) is 0. The molecule has 1 rings (SSSR count). The van der Waals surface area contributed by atoms with Gasteiger partial charge in [0.1, 0.15) is 10.2 Å². The first-order valence-electron chi connectivity index (χ1n) is 2.57. The van der Waals surface area contributed by atoms with Gasteiger partial charge in [0.15, 0.2) is 0 Å². The molecule has 0 saturated heterocycles. The van der Waals surface area contributed by atoms with E-state index in [-0.39, 0.29) is 40.0 Å². The molecule has 0 bridgehead atoms. The van der Waals surface area contributed by atoms with E-state index in [9.17, 15) is 0 Å². The van der Waals surface area contributed by atoms with Crippen molar-refractivity contribution in [3.05, 3.63) is 35.9 Å². The van der Waals surface area contributed by atoms with E-state index < -0.39 is 0 Å². The molecule has 0 spiro atoms. The SMILES string of the molecule is [Br-].[Mg+2].[Si]C#Cc1cc[c-]cc1. The monoisotopic (exact) mass is 231 g/mol. The zero-order valence-corrected chi connectivity index (χ0v) is 9.89. The Labute approximate surface area is 97.1 Å². The minimum Gasteiger partial charge on any atom is -1.00 e. The van der Waals surface area contributed by atoms with Crippen molar-refractivity contribution in [3.8, 4) is 11.5 Å². The molecule has 0 atom stereocenters. The summed E-state index contributed by atoms with van der Waals surface area (Å²) in [6.45, 7) is 0. The molecule has 11 heavy (non-hydrogen) atoms. The van der Waals surface area contributed by atoms with Gasteiger partial charge in [-0.3, -0.25) is 0 Å². The van der Waals surface area contributed by atoms with E-state index in [0.29, 0.717) is 0 Å². The molecule has 0 nitrogen and oxygen atoms in total. The summed E-state index contributed by atoms with van der Waals surface area (Å²) in [6.07, 6.45) is 0. The smallest absolute Gasteiger partial charge is 1.00 e. The standard InChI is InChI=1S/C8H4Si.BrH.Mg/c9-7-6-8-4-2-1-3-5-8;;/h2-5H;1H;/q-1;;+2/p-1. The second-order valence-corrected chi connectivity index (χ2v) is 1.79. The van der Waals surface area contributed by atoms with Crippen LogP contribution in [0.2, 0.25) is 0 Å². The molecule has 1 aromatic carbocycles. The van der Waals surface area contributed by atoms with Gasteiger partial charge in [-0.1, -0.05) is 5.56 Å². The van der Waals surface area contributed by atoms with Crippen LogP contribution in [0, 0.1) is 17.5 Å². The van der Waals surface area contributed by atoms with E-state index in [1.807, 2.05) is 24.3 Å². The van der Waals surface area contributed by atoms with Crippen LogP contribution in [0.3, 0.4) is 0 Å². The third kappa shape index (κ3) is 5.51. The van der Waals surface area contributed by atoms with Crippen molar-refractivity contribution in [1.82, 2.24) is 0 Å². The quantitative estimate of drug-likeness (QED) is 0.266. The van der Waals surface area contributed by atoms with Gasteiger partial charge >= 0.3 is 23.1 Å². The molecule has 1 aromatic rings. The Morgan fingerprint density at radius 1 is 1.27 bits per heavy atom. The Morgan fingerprint density at radius 3 is 2.27 bits per heavy atom. The molecule has 0 heterocycles. The van der Waals surface area contributed by atoms with E-state index in [0.717, 1.165) is 5.56 Å². The van der Waals surface area contributed by atoms with Crippen LogP contribution in [-0.4, -0.2) is 33.3 Å². The van der Waals surface area contributed by atoms with E-state index in [1.54, 1.807) is 0 Å². The van der Waals surface area contributed by atoms with Crippen molar-refractivity contribution in [2.24, 2.45) is 0 Å². The Balaban J connectivity index is 0. The van der Waals surface area contributed by atoms with E-state index >= 15 is 0 Å². The molecular weight excluding hydrogens is 228 g/mol. The molecule has 3 radical (unpaired) electrons. The molecule has 0 aliphatic rings. The Kier molecular flexibility index (Phi) is 10.5. The summed E-state index contributed by atoms with van der Waals surface area (Å²) < 4.78 is 0. The fraction of sp³-hybridized carbons (Fsp3) is 0. The minimum atomic E-state index is 0. The predicted octanol–water partition coefficient (Wildman–Crippen LogP) is -2.41. The van der Waals surface area contributed by atoms with Crippen molar-refractivity contribution in [2.75, 3.05) is 0 Å². The van der Waals surface area contributed by atoms with Crippen LogP contribution >= 0.6 is 0 Å². The molecule has 0 saturated carbocycles. The van der Waals surface area contributed by atoms with Gasteiger partial charge in [-0.05, 0) is 0 Å². The zero-order chi connectivity index (χ0) is 6.53. The molecule has 0 unspecified atom stereocenters. The second-order valence-electron chi connectivity index (χ2n) is 1.54. The first-order chi connectivity index (χ1) is 4.43. The number of halogens is 1. The Morgan fingerprint density at radius 2 is 1.82 bits per heavy atom. The maximum atomic E-state index is 3.06. The van der Waals surface area contributed by atoms with E-state index in [1.165, 1.54) is 0 Å².